The molecule has 0 aromatic heterocycles. The Kier molecular flexibility index (Phi) is 5.45. The molecule has 2 amide bonds. The van der Waals surface area contributed by atoms with E-state index in [0.717, 1.165) is 38.4 Å². The lowest BCUT2D eigenvalue weighted by Crippen LogP contribution is -2.42. The molecule has 0 unspecified atom stereocenters. The molecule has 0 saturated carbocycles. The van der Waals surface area contributed by atoms with Gasteiger partial charge in [-0.25, -0.2) is 0 Å². The zero-order valence-electron chi connectivity index (χ0n) is 15.3. The molecule has 146 valence electrons. The van der Waals surface area contributed by atoms with Gasteiger partial charge in [0, 0.05) is 51.3 Å². The van der Waals surface area contributed by atoms with Crippen molar-refractivity contribution in [3.8, 4) is 11.5 Å². The van der Waals surface area contributed by atoms with E-state index in [1.165, 1.54) is 0 Å². The van der Waals surface area contributed by atoms with Crippen LogP contribution in [0.15, 0.2) is 18.2 Å². The molecule has 3 aliphatic heterocycles. The molecular formula is C19H25N3O5. The monoisotopic (exact) mass is 375 g/mol. The fourth-order valence-electron chi connectivity index (χ4n) is 3.71. The first-order valence-electron chi connectivity index (χ1n) is 9.44. The van der Waals surface area contributed by atoms with E-state index in [0.29, 0.717) is 31.1 Å². The Morgan fingerprint density at radius 2 is 2.04 bits per heavy atom. The molecule has 0 bridgehead atoms. The van der Waals surface area contributed by atoms with Crippen LogP contribution in [0, 0.1) is 5.92 Å². The van der Waals surface area contributed by atoms with E-state index in [9.17, 15) is 9.59 Å². The number of likely N-dealkylation sites (tertiary alicyclic amines) is 1. The third-order valence-corrected chi connectivity index (χ3v) is 5.31. The van der Waals surface area contributed by atoms with Crippen LogP contribution in [0.25, 0.3) is 0 Å². The number of hydrogen-bond acceptors (Lipinski definition) is 6. The van der Waals surface area contributed by atoms with Crippen molar-refractivity contribution < 1.29 is 23.8 Å². The summed E-state index contributed by atoms with van der Waals surface area (Å²) in [7, 11) is 0. The van der Waals surface area contributed by atoms with Gasteiger partial charge in [-0.2, -0.15) is 0 Å². The molecule has 8 nitrogen and oxygen atoms in total. The van der Waals surface area contributed by atoms with Crippen LogP contribution >= 0.6 is 0 Å². The topological polar surface area (TPSA) is 80.3 Å². The van der Waals surface area contributed by atoms with Crippen molar-refractivity contribution in [3.63, 3.8) is 0 Å². The van der Waals surface area contributed by atoms with Crippen LogP contribution in [0.2, 0.25) is 0 Å². The van der Waals surface area contributed by atoms with Crippen molar-refractivity contribution >= 4 is 11.8 Å². The highest BCUT2D eigenvalue weighted by Crippen LogP contribution is 2.35. The highest BCUT2D eigenvalue weighted by Gasteiger charge is 2.34. The molecule has 8 heteroatoms. The molecule has 0 spiro atoms. The molecule has 3 aliphatic rings. The van der Waals surface area contributed by atoms with Crippen LogP contribution in [-0.4, -0.2) is 74.3 Å². The van der Waals surface area contributed by atoms with E-state index in [1.807, 2.05) is 18.2 Å². The number of rotatable bonds is 6. The van der Waals surface area contributed by atoms with Crippen molar-refractivity contribution in [2.24, 2.45) is 5.92 Å². The molecule has 1 aromatic carbocycles. The summed E-state index contributed by atoms with van der Waals surface area (Å²) in [5.41, 5.74) is 0.881. The van der Waals surface area contributed by atoms with Gasteiger partial charge >= 0.3 is 0 Å². The molecule has 1 N–H and O–H groups in total. The van der Waals surface area contributed by atoms with Crippen molar-refractivity contribution in [2.75, 3.05) is 52.7 Å². The van der Waals surface area contributed by atoms with Crippen molar-refractivity contribution in [3.05, 3.63) is 23.8 Å². The quantitative estimate of drug-likeness (QED) is 0.766. The van der Waals surface area contributed by atoms with Crippen molar-refractivity contribution in [2.45, 2.75) is 13.0 Å². The molecule has 1 atom stereocenters. The molecule has 1 aromatic rings. The van der Waals surface area contributed by atoms with E-state index in [2.05, 4.69) is 10.2 Å². The number of hydrogen-bond donors (Lipinski definition) is 1. The first-order chi connectivity index (χ1) is 13.2. The largest absolute Gasteiger partial charge is 0.454 e. The Bertz CT molecular complexity index is 705. The zero-order chi connectivity index (χ0) is 18.6. The molecule has 0 aliphatic carbocycles. The van der Waals surface area contributed by atoms with Gasteiger partial charge < -0.3 is 24.4 Å². The van der Waals surface area contributed by atoms with Gasteiger partial charge in [-0.05, 0) is 6.07 Å². The number of fused-ring (bicyclic) bond motifs is 1. The lowest BCUT2D eigenvalue weighted by molar-refractivity contribution is -0.129. The smallest absolute Gasteiger partial charge is 0.231 e. The van der Waals surface area contributed by atoms with Crippen molar-refractivity contribution in [1.82, 2.24) is 15.1 Å². The number of carbonyl (C=O) groups is 2. The van der Waals surface area contributed by atoms with E-state index in [-0.39, 0.29) is 30.9 Å². The third-order valence-electron chi connectivity index (χ3n) is 5.31. The number of nitrogens with zero attached hydrogens (tertiary/aromatic N) is 2. The number of morpholine rings is 1. The Morgan fingerprint density at radius 1 is 1.19 bits per heavy atom. The standard InChI is InChI=1S/C19H25N3O5/c23-17-10-15(12-22(17)5-4-21-6-8-25-9-7-21)19(24)20-11-14-2-1-3-16-18(14)27-13-26-16/h1-3,15H,4-13H2,(H,20,24)/t15-/m1/s1. The number of nitrogens with one attached hydrogen (secondary N) is 1. The zero-order valence-corrected chi connectivity index (χ0v) is 15.3. The van der Waals surface area contributed by atoms with Gasteiger partial charge in [0.2, 0.25) is 18.6 Å². The maximum absolute atomic E-state index is 12.5. The lowest BCUT2D eigenvalue weighted by atomic mass is 10.1. The van der Waals surface area contributed by atoms with Gasteiger partial charge in [0.05, 0.1) is 19.1 Å². The normalized spacial score (nSPS) is 22.3. The van der Waals surface area contributed by atoms with Crippen LogP contribution in [0.3, 0.4) is 0 Å². The summed E-state index contributed by atoms with van der Waals surface area (Å²) in [5, 5.41) is 2.94. The molecule has 27 heavy (non-hydrogen) atoms. The first kappa shape index (κ1) is 18.1. The predicted molar refractivity (Wildman–Crippen MR) is 96.4 cm³/mol. The van der Waals surface area contributed by atoms with E-state index >= 15 is 0 Å². The predicted octanol–water partition coefficient (Wildman–Crippen LogP) is 0.212. The fourth-order valence-corrected chi connectivity index (χ4v) is 3.71. The summed E-state index contributed by atoms with van der Waals surface area (Å²) in [6.45, 7) is 5.85. The Labute approximate surface area is 158 Å². The molecular weight excluding hydrogens is 350 g/mol. The number of amides is 2. The van der Waals surface area contributed by atoms with Gasteiger partial charge in [-0.15, -0.1) is 0 Å². The van der Waals surface area contributed by atoms with E-state index < -0.39 is 0 Å². The average Bonchev–Trinajstić information content (AvgIpc) is 3.32. The Balaban J connectivity index is 1.26. The molecule has 2 saturated heterocycles. The summed E-state index contributed by atoms with van der Waals surface area (Å²) in [4.78, 5) is 28.9. The number of ether oxygens (including phenoxy) is 3. The molecule has 3 heterocycles. The number of carbonyl (C=O) groups excluding carboxylic acids is 2. The van der Waals surface area contributed by atoms with Crippen LogP contribution in [0.4, 0.5) is 0 Å². The van der Waals surface area contributed by atoms with Gasteiger partial charge in [0.25, 0.3) is 0 Å². The summed E-state index contributed by atoms with van der Waals surface area (Å²) in [6, 6.07) is 5.62. The maximum atomic E-state index is 12.5. The Hall–Kier alpha value is -2.32. The number of para-hydroxylation sites is 1. The van der Waals surface area contributed by atoms with E-state index in [1.54, 1.807) is 4.90 Å². The maximum Gasteiger partial charge on any atom is 0.231 e. The molecule has 2 fully saturated rings. The average molecular weight is 375 g/mol. The minimum Gasteiger partial charge on any atom is -0.454 e. The third kappa shape index (κ3) is 4.17. The summed E-state index contributed by atoms with van der Waals surface area (Å²) in [6.07, 6.45) is 0.279. The van der Waals surface area contributed by atoms with Crippen LogP contribution in [-0.2, 0) is 20.9 Å². The highest BCUT2D eigenvalue weighted by atomic mass is 16.7. The lowest BCUT2D eigenvalue weighted by Gasteiger charge is -2.28. The summed E-state index contributed by atoms with van der Waals surface area (Å²) < 4.78 is 16.2. The molecule has 4 rings (SSSR count). The van der Waals surface area contributed by atoms with Crippen molar-refractivity contribution in [1.29, 1.82) is 0 Å². The van der Waals surface area contributed by atoms with Crippen LogP contribution in [0.5, 0.6) is 11.5 Å². The minimum atomic E-state index is -0.295. The second kappa shape index (κ2) is 8.14. The highest BCUT2D eigenvalue weighted by molar-refractivity contribution is 5.89. The second-order valence-electron chi connectivity index (χ2n) is 7.06. The molecule has 0 radical (unpaired) electrons. The summed E-state index contributed by atoms with van der Waals surface area (Å²) >= 11 is 0. The Morgan fingerprint density at radius 3 is 2.89 bits per heavy atom. The first-order valence-corrected chi connectivity index (χ1v) is 9.44. The van der Waals surface area contributed by atoms with Gasteiger partial charge in [-0.3, -0.25) is 14.5 Å². The van der Waals surface area contributed by atoms with Gasteiger partial charge in [0.15, 0.2) is 11.5 Å². The summed E-state index contributed by atoms with van der Waals surface area (Å²) in [5.74, 6) is 1.06. The fraction of sp³-hybridized carbons (Fsp3) is 0.579. The number of benzene rings is 1. The second-order valence-corrected chi connectivity index (χ2v) is 7.06. The van der Waals surface area contributed by atoms with Crippen LogP contribution in [0.1, 0.15) is 12.0 Å². The minimum absolute atomic E-state index is 0.0562. The van der Waals surface area contributed by atoms with Gasteiger partial charge in [-0.1, -0.05) is 12.1 Å². The van der Waals surface area contributed by atoms with Gasteiger partial charge in [0.1, 0.15) is 0 Å². The SMILES string of the molecule is O=C(NCc1cccc2c1OCO2)[C@@H]1CC(=O)N(CCN2CCOCC2)C1. The van der Waals surface area contributed by atoms with Crippen LogP contribution < -0.4 is 14.8 Å². The van der Waals surface area contributed by atoms with E-state index in [4.69, 9.17) is 14.2 Å².